The zero-order valence-electron chi connectivity index (χ0n) is 17.9. The summed E-state index contributed by atoms with van der Waals surface area (Å²) in [6, 6.07) is 7.72. The SMILES string of the molecule is C/C=C/COc1cc(C)c(OCCOc2ccc(/C(CC)=N/OC)nc2)c(C)c1. The third kappa shape index (κ3) is 6.82. The fourth-order valence-corrected chi connectivity index (χ4v) is 2.80. The Bertz CT molecular complexity index is 806. The van der Waals surface area contributed by atoms with E-state index in [1.165, 1.54) is 7.11 Å². The highest BCUT2D eigenvalue weighted by Crippen LogP contribution is 2.28. The molecule has 0 aliphatic heterocycles. The van der Waals surface area contributed by atoms with Crippen LogP contribution < -0.4 is 14.2 Å². The molecule has 1 aromatic carbocycles. The van der Waals surface area contributed by atoms with Crippen molar-refractivity contribution in [3.63, 3.8) is 0 Å². The maximum Gasteiger partial charge on any atom is 0.137 e. The van der Waals surface area contributed by atoms with Crippen LogP contribution in [0.15, 0.2) is 47.8 Å². The first-order valence-corrected chi connectivity index (χ1v) is 9.76. The van der Waals surface area contributed by atoms with Gasteiger partial charge in [0.1, 0.15) is 49.9 Å². The van der Waals surface area contributed by atoms with E-state index in [1.807, 2.05) is 64.1 Å². The van der Waals surface area contributed by atoms with E-state index in [2.05, 4.69) is 10.1 Å². The van der Waals surface area contributed by atoms with Gasteiger partial charge in [-0.1, -0.05) is 24.2 Å². The van der Waals surface area contributed by atoms with Crippen LogP contribution in [-0.2, 0) is 4.84 Å². The van der Waals surface area contributed by atoms with Crippen molar-refractivity contribution in [2.75, 3.05) is 26.9 Å². The van der Waals surface area contributed by atoms with Gasteiger partial charge in [0.05, 0.1) is 11.9 Å². The third-order valence-corrected chi connectivity index (χ3v) is 4.18. The van der Waals surface area contributed by atoms with Crippen LogP contribution >= 0.6 is 0 Å². The molecule has 2 rings (SSSR count). The Morgan fingerprint density at radius 2 is 1.76 bits per heavy atom. The number of aryl methyl sites for hydroxylation is 2. The first-order valence-electron chi connectivity index (χ1n) is 9.76. The predicted octanol–water partition coefficient (Wildman–Crippen LogP) is 4.87. The molecule has 1 aromatic heterocycles. The number of ether oxygens (including phenoxy) is 3. The van der Waals surface area contributed by atoms with E-state index in [0.717, 1.165) is 40.5 Å². The average Bonchev–Trinajstić information content (AvgIpc) is 2.71. The third-order valence-electron chi connectivity index (χ3n) is 4.18. The number of rotatable bonds is 11. The zero-order chi connectivity index (χ0) is 21.1. The molecule has 0 saturated heterocycles. The molecule has 0 aliphatic carbocycles. The number of pyridine rings is 1. The molecule has 29 heavy (non-hydrogen) atoms. The Labute approximate surface area is 173 Å². The number of nitrogens with zero attached hydrogens (tertiary/aromatic N) is 2. The summed E-state index contributed by atoms with van der Waals surface area (Å²) in [5, 5.41) is 3.98. The van der Waals surface area contributed by atoms with Crippen molar-refractivity contribution in [3.05, 3.63) is 59.4 Å². The van der Waals surface area contributed by atoms with Gasteiger partial charge in [-0.3, -0.25) is 4.98 Å². The van der Waals surface area contributed by atoms with Crippen LogP contribution in [0.5, 0.6) is 17.2 Å². The van der Waals surface area contributed by atoms with E-state index < -0.39 is 0 Å². The largest absolute Gasteiger partial charge is 0.490 e. The van der Waals surface area contributed by atoms with Gasteiger partial charge < -0.3 is 19.0 Å². The maximum absolute atomic E-state index is 5.93. The molecule has 2 aromatic rings. The second kappa shape index (κ2) is 11.7. The minimum absolute atomic E-state index is 0.423. The number of aromatic nitrogens is 1. The highest BCUT2D eigenvalue weighted by Gasteiger charge is 2.08. The molecule has 1 heterocycles. The first-order chi connectivity index (χ1) is 14.1. The average molecular weight is 399 g/mol. The fourth-order valence-electron chi connectivity index (χ4n) is 2.80. The lowest BCUT2D eigenvalue weighted by molar-refractivity contribution is 0.212. The molecule has 156 valence electrons. The Hall–Kier alpha value is -3.02. The lowest BCUT2D eigenvalue weighted by Gasteiger charge is -2.15. The fraction of sp³-hybridized carbons (Fsp3) is 0.391. The molecule has 0 aliphatic rings. The van der Waals surface area contributed by atoms with Crippen molar-refractivity contribution < 1.29 is 19.0 Å². The molecule has 0 spiro atoms. The van der Waals surface area contributed by atoms with E-state index in [0.29, 0.717) is 25.6 Å². The number of oxime groups is 1. The topological polar surface area (TPSA) is 62.2 Å². The summed E-state index contributed by atoms with van der Waals surface area (Å²) in [5.41, 5.74) is 3.65. The quantitative estimate of drug-likeness (QED) is 0.234. The van der Waals surface area contributed by atoms with E-state index in [1.54, 1.807) is 6.20 Å². The molecule has 0 bridgehead atoms. The summed E-state index contributed by atoms with van der Waals surface area (Å²) in [7, 11) is 1.53. The monoisotopic (exact) mass is 398 g/mol. The van der Waals surface area contributed by atoms with Gasteiger partial charge in [0.15, 0.2) is 0 Å². The molecule has 0 saturated carbocycles. The van der Waals surface area contributed by atoms with Crippen LogP contribution in [0.25, 0.3) is 0 Å². The van der Waals surface area contributed by atoms with Crippen molar-refractivity contribution in [2.45, 2.75) is 34.1 Å². The molecular weight excluding hydrogens is 368 g/mol. The minimum Gasteiger partial charge on any atom is -0.490 e. The van der Waals surface area contributed by atoms with Crippen molar-refractivity contribution in [2.24, 2.45) is 5.16 Å². The molecule has 0 radical (unpaired) electrons. The number of hydrogen-bond acceptors (Lipinski definition) is 6. The van der Waals surface area contributed by atoms with Crippen molar-refractivity contribution >= 4 is 5.71 Å². The van der Waals surface area contributed by atoms with E-state index in [4.69, 9.17) is 19.0 Å². The lowest BCUT2D eigenvalue weighted by Crippen LogP contribution is -2.11. The van der Waals surface area contributed by atoms with Crippen molar-refractivity contribution in [1.29, 1.82) is 0 Å². The van der Waals surface area contributed by atoms with E-state index in [-0.39, 0.29) is 0 Å². The zero-order valence-corrected chi connectivity index (χ0v) is 17.9. The highest BCUT2D eigenvalue weighted by atomic mass is 16.6. The Morgan fingerprint density at radius 3 is 2.34 bits per heavy atom. The number of benzene rings is 1. The normalized spacial score (nSPS) is 11.6. The first kappa shape index (κ1) is 22.3. The van der Waals surface area contributed by atoms with Gasteiger partial charge in [-0.25, -0.2) is 0 Å². The molecule has 0 atom stereocenters. The summed E-state index contributed by atoms with van der Waals surface area (Å²) in [6.45, 7) is 9.43. The van der Waals surface area contributed by atoms with E-state index in [9.17, 15) is 0 Å². The molecule has 6 heteroatoms. The molecule has 0 amide bonds. The van der Waals surface area contributed by atoms with Crippen LogP contribution in [0.4, 0.5) is 0 Å². The number of hydrogen-bond donors (Lipinski definition) is 0. The van der Waals surface area contributed by atoms with Gasteiger partial charge in [0, 0.05) is 0 Å². The van der Waals surface area contributed by atoms with Gasteiger partial charge in [-0.05, 0) is 62.6 Å². The van der Waals surface area contributed by atoms with Gasteiger partial charge >= 0.3 is 0 Å². The Morgan fingerprint density at radius 1 is 1.03 bits per heavy atom. The molecule has 0 fully saturated rings. The van der Waals surface area contributed by atoms with Crippen LogP contribution in [-0.4, -0.2) is 37.6 Å². The summed E-state index contributed by atoms with van der Waals surface area (Å²) >= 11 is 0. The van der Waals surface area contributed by atoms with Gasteiger partial charge in [0.25, 0.3) is 0 Å². The summed E-state index contributed by atoms with van der Waals surface area (Å²) < 4.78 is 17.4. The lowest BCUT2D eigenvalue weighted by atomic mass is 10.1. The Kier molecular flexibility index (Phi) is 9.02. The van der Waals surface area contributed by atoms with Crippen molar-refractivity contribution in [1.82, 2.24) is 4.98 Å². The summed E-state index contributed by atoms with van der Waals surface area (Å²) in [4.78, 5) is 9.22. The molecule has 6 nitrogen and oxygen atoms in total. The van der Waals surface area contributed by atoms with Crippen LogP contribution in [0.2, 0.25) is 0 Å². The van der Waals surface area contributed by atoms with Crippen LogP contribution in [0.3, 0.4) is 0 Å². The molecule has 0 unspecified atom stereocenters. The predicted molar refractivity (Wildman–Crippen MR) is 115 cm³/mol. The summed E-state index contributed by atoms with van der Waals surface area (Å²) in [6.07, 6.45) is 6.37. The van der Waals surface area contributed by atoms with E-state index >= 15 is 0 Å². The minimum atomic E-state index is 0.423. The van der Waals surface area contributed by atoms with Gasteiger partial charge in [0.2, 0.25) is 0 Å². The number of allylic oxidation sites excluding steroid dienone is 1. The Balaban J connectivity index is 1.86. The highest BCUT2D eigenvalue weighted by molar-refractivity contribution is 5.98. The van der Waals surface area contributed by atoms with Gasteiger partial charge in [-0.2, -0.15) is 0 Å². The maximum atomic E-state index is 5.93. The molecule has 0 N–H and O–H groups in total. The van der Waals surface area contributed by atoms with Crippen LogP contribution in [0.1, 0.15) is 37.1 Å². The smallest absolute Gasteiger partial charge is 0.137 e. The summed E-state index contributed by atoms with van der Waals surface area (Å²) in [5.74, 6) is 2.39. The van der Waals surface area contributed by atoms with Crippen LogP contribution in [0, 0.1) is 13.8 Å². The molecular formula is C23H30N2O4. The standard InChI is InChI=1S/C23H30N2O4/c1-6-8-11-27-20-14-17(3)23(18(4)15-20)29-13-12-28-19-9-10-22(24-16-19)21(7-2)25-26-5/h6,8-10,14-16H,7,11-13H2,1-5H3/b8-6+,25-21+. The second-order valence-corrected chi connectivity index (χ2v) is 6.42. The van der Waals surface area contributed by atoms with Gasteiger partial charge in [-0.15, -0.1) is 0 Å². The van der Waals surface area contributed by atoms with Crippen molar-refractivity contribution in [3.8, 4) is 17.2 Å². The second-order valence-electron chi connectivity index (χ2n) is 6.42.